The molecule has 1 unspecified atom stereocenters. The maximum atomic E-state index is 13.0. The first kappa shape index (κ1) is 23.0. The number of hydrogen-bond acceptors (Lipinski definition) is 7. The Morgan fingerprint density at radius 1 is 1.16 bits per heavy atom. The van der Waals surface area contributed by atoms with Crippen molar-refractivity contribution in [3.05, 3.63) is 53.6 Å². The van der Waals surface area contributed by atoms with Crippen LogP contribution in [0.5, 0.6) is 5.75 Å². The number of ether oxygens (including phenoxy) is 1. The summed E-state index contributed by atoms with van der Waals surface area (Å²) >= 11 is 7.11. The maximum Gasteiger partial charge on any atom is 0.250 e. The molecular formula is C20H21ClN4O4S2. The molecule has 0 fully saturated rings. The van der Waals surface area contributed by atoms with E-state index >= 15 is 0 Å². The van der Waals surface area contributed by atoms with Gasteiger partial charge in [-0.25, -0.2) is 8.42 Å². The Bertz CT molecular complexity index is 1150. The molecule has 31 heavy (non-hydrogen) atoms. The molecule has 0 aliphatic rings. The monoisotopic (exact) mass is 480 g/mol. The highest BCUT2D eigenvalue weighted by Crippen LogP contribution is 2.29. The van der Waals surface area contributed by atoms with Crippen LogP contribution in [-0.4, -0.2) is 43.9 Å². The van der Waals surface area contributed by atoms with Gasteiger partial charge in [0.2, 0.25) is 21.1 Å². The van der Waals surface area contributed by atoms with E-state index in [-0.39, 0.29) is 11.6 Å². The Morgan fingerprint density at radius 2 is 1.81 bits per heavy atom. The standard InChI is InChI=1S/C20H21ClN4O4S2/c1-4-17(25(31(3,27)28)15-9-7-14(21)8-10-15)18(26)22-20-24-23-19(30-20)13-5-11-16(29-2)12-6-13/h5-12,17H,4H2,1-3H3,(H,22,24,26). The van der Waals surface area contributed by atoms with Crippen molar-refractivity contribution in [1.29, 1.82) is 0 Å². The van der Waals surface area contributed by atoms with E-state index in [0.29, 0.717) is 15.7 Å². The Kier molecular flexibility index (Phi) is 7.14. The van der Waals surface area contributed by atoms with E-state index in [4.69, 9.17) is 16.3 Å². The normalized spacial score (nSPS) is 12.3. The number of benzene rings is 2. The molecule has 0 radical (unpaired) electrons. The van der Waals surface area contributed by atoms with E-state index in [1.165, 1.54) is 11.3 Å². The van der Waals surface area contributed by atoms with Gasteiger partial charge < -0.3 is 4.74 Å². The molecule has 0 saturated carbocycles. The molecule has 1 atom stereocenters. The molecule has 1 amide bonds. The van der Waals surface area contributed by atoms with Crippen LogP contribution < -0.4 is 14.4 Å². The van der Waals surface area contributed by atoms with Crippen LogP contribution in [0.3, 0.4) is 0 Å². The minimum Gasteiger partial charge on any atom is -0.497 e. The van der Waals surface area contributed by atoms with E-state index in [1.807, 2.05) is 12.1 Å². The average Bonchev–Trinajstić information content (AvgIpc) is 3.20. The van der Waals surface area contributed by atoms with Gasteiger partial charge in [0, 0.05) is 10.6 Å². The van der Waals surface area contributed by atoms with Gasteiger partial charge in [-0.05, 0) is 55.0 Å². The van der Waals surface area contributed by atoms with Crippen molar-refractivity contribution >= 4 is 49.7 Å². The van der Waals surface area contributed by atoms with Crippen molar-refractivity contribution in [3.8, 4) is 16.3 Å². The molecule has 1 N–H and O–H groups in total. The number of halogens is 1. The molecule has 8 nitrogen and oxygen atoms in total. The molecule has 164 valence electrons. The lowest BCUT2D eigenvalue weighted by Gasteiger charge is -2.29. The average molecular weight is 481 g/mol. The molecule has 1 aromatic heterocycles. The predicted octanol–water partition coefficient (Wildman–Crippen LogP) is 4.05. The van der Waals surface area contributed by atoms with E-state index in [1.54, 1.807) is 50.4 Å². The maximum absolute atomic E-state index is 13.0. The topological polar surface area (TPSA) is 101 Å². The molecule has 1 heterocycles. The second-order valence-corrected chi connectivity index (χ2v) is 9.86. The number of nitrogens with one attached hydrogen (secondary N) is 1. The van der Waals surface area contributed by atoms with Crippen LogP contribution in [0.4, 0.5) is 10.8 Å². The molecule has 2 aromatic carbocycles. The zero-order chi connectivity index (χ0) is 22.6. The van der Waals surface area contributed by atoms with E-state index in [0.717, 1.165) is 21.9 Å². The number of rotatable bonds is 8. The highest BCUT2D eigenvalue weighted by Gasteiger charge is 2.32. The fourth-order valence-corrected chi connectivity index (χ4v) is 5.05. The smallest absolute Gasteiger partial charge is 0.250 e. The summed E-state index contributed by atoms with van der Waals surface area (Å²) in [5.74, 6) is 0.218. The molecule has 3 rings (SSSR count). The number of carbonyl (C=O) groups is 1. The van der Waals surface area contributed by atoms with Gasteiger partial charge >= 0.3 is 0 Å². The van der Waals surface area contributed by atoms with Gasteiger partial charge in [-0.3, -0.25) is 14.4 Å². The van der Waals surface area contributed by atoms with Crippen LogP contribution in [0.15, 0.2) is 48.5 Å². The van der Waals surface area contributed by atoms with Gasteiger partial charge in [0.05, 0.1) is 19.1 Å². The van der Waals surface area contributed by atoms with Crippen molar-refractivity contribution in [2.75, 3.05) is 23.0 Å². The molecule has 0 spiro atoms. The van der Waals surface area contributed by atoms with Crippen molar-refractivity contribution < 1.29 is 17.9 Å². The van der Waals surface area contributed by atoms with Gasteiger partial charge in [0.15, 0.2) is 0 Å². The first-order chi connectivity index (χ1) is 14.7. The lowest BCUT2D eigenvalue weighted by molar-refractivity contribution is -0.117. The molecule has 3 aromatic rings. The third-order valence-electron chi connectivity index (χ3n) is 4.40. The van der Waals surface area contributed by atoms with Crippen molar-refractivity contribution in [2.45, 2.75) is 19.4 Å². The van der Waals surface area contributed by atoms with Gasteiger partial charge in [-0.15, -0.1) is 10.2 Å². The summed E-state index contributed by atoms with van der Waals surface area (Å²) in [6.45, 7) is 1.74. The first-order valence-corrected chi connectivity index (χ1v) is 12.3. The van der Waals surface area contributed by atoms with E-state index in [2.05, 4.69) is 15.5 Å². The quantitative estimate of drug-likeness (QED) is 0.522. The number of amides is 1. The second-order valence-electron chi connectivity index (χ2n) is 6.59. The third kappa shape index (κ3) is 5.52. The third-order valence-corrected chi connectivity index (χ3v) is 6.72. The molecule has 0 bridgehead atoms. The molecule has 0 aliphatic heterocycles. The molecule has 0 aliphatic carbocycles. The highest BCUT2D eigenvalue weighted by molar-refractivity contribution is 7.92. The molecule has 0 saturated heterocycles. The van der Waals surface area contributed by atoms with Crippen LogP contribution in [0.1, 0.15) is 13.3 Å². The lowest BCUT2D eigenvalue weighted by atomic mass is 10.2. The first-order valence-electron chi connectivity index (χ1n) is 9.26. The van der Waals surface area contributed by atoms with Crippen LogP contribution in [-0.2, 0) is 14.8 Å². The fourth-order valence-electron chi connectivity index (χ4n) is 2.96. The number of carbonyl (C=O) groups excluding carboxylic acids is 1. The number of methoxy groups -OCH3 is 1. The molecule has 11 heteroatoms. The Morgan fingerprint density at radius 3 is 2.35 bits per heavy atom. The van der Waals surface area contributed by atoms with Crippen LogP contribution in [0, 0.1) is 0 Å². The minimum atomic E-state index is -3.74. The summed E-state index contributed by atoms with van der Waals surface area (Å²) < 4.78 is 31.2. The summed E-state index contributed by atoms with van der Waals surface area (Å²) in [5, 5.41) is 12.2. The number of sulfonamides is 1. The fraction of sp³-hybridized carbons (Fsp3) is 0.250. The number of nitrogens with zero attached hydrogens (tertiary/aromatic N) is 3. The SMILES string of the molecule is CCC(C(=O)Nc1nnc(-c2ccc(OC)cc2)s1)N(c1ccc(Cl)cc1)S(C)(=O)=O. The summed E-state index contributed by atoms with van der Waals surface area (Å²) in [4.78, 5) is 13.0. The number of aromatic nitrogens is 2. The minimum absolute atomic E-state index is 0.256. The van der Waals surface area contributed by atoms with Crippen molar-refractivity contribution in [3.63, 3.8) is 0 Å². The Hall–Kier alpha value is -2.69. The Labute approximate surface area is 189 Å². The van der Waals surface area contributed by atoms with Crippen LogP contribution in [0.25, 0.3) is 10.6 Å². The summed E-state index contributed by atoms with van der Waals surface area (Å²) in [6.07, 6.45) is 1.32. The zero-order valence-electron chi connectivity index (χ0n) is 17.1. The van der Waals surface area contributed by atoms with Crippen molar-refractivity contribution in [1.82, 2.24) is 10.2 Å². The predicted molar refractivity (Wildman–Crippen MR) is 123 cm³/mol. The lowest BCUT2D eigenvalue weighted by Crippen LogP contribution is -2.46. The van der Waals surface area contributed by atoms with Gasteiger partial charge in [-0.1, -0.05) is 29.9 Å². The van der Waals surface area contributed by atoms with Crippen LogP contribution in [0.2, 0.25) is 5.02 Å². The molecular weight excluding hydrogens is 460 g/mol. The van der Waals surface area contributed by atoms with E-state index < -0.39 is 22.0 Å². The summed E-state index contributed by atoms with van der Waals surface area (Å²) in [7, 11) is -2.15. The van der Waals surface area contributed by atoms with Gasteiger partial charge in [0.25, 0.3) is 0 Å². The van der Waals surface area contributed by atoms with E-state index in [9.17, 15) is 13.2 Å². The largest absolute Gasteiger partial charge is 0.497 e. The van der Waals surface area contributed by atoms with Crippen LogP contribution >= 0.6 is 22.9 Å². The summed E-state index contributed by atoms with van der Waals surface area (Å²) in [6, 6.07) is 12.6. The number of hydrogen-bond donors (Lipinski definition) is 1. The zero-order valence-corrected chi connectivity index (χ0v) is 19.5. The Balaban J connectivity index is 1.82. The summed E-state index contributed by atoms with van der Waals surface area (Å²) in [5.41, 5.74) is 1.18. The van der Waals surface area contributed by atoms with Gasteiger partial charge in [-0.2, -0.15) is 0 Å². The van der Waals surface area contributed by atoms with Crippen molar-refractivity contribution in [2.24, 2.45) is 0 Å². The highest BCUT2D eigenvalue weighted by atomic mass is 35.5. The number of anilines is 2. The van der Waals surface area contributed by atoms with Gasteiger partial charge in [0.1, 0.15) is 16.8 Å². The second kappa shape index (κ2) is 9.63.